The highest BCUT2D eigenvalue weighted by Crippen LogP contribution is 2.31. The van der Waals surface area contributed by atoms with Gasteiger partial charge >= 0.3 is 0 Å². The highest BCUT2D eigenvalue weighted by Gasteiger charge is 2.30. The fourth-order valence-electron chi connectivity index (χ4n) is 2.19. The number of rotatable bonds is 9. The van der Waals surface area contributed by atoms with Crippen LogP contribution in [0.3, 0.4) is 0 Å². The van der Waals surface area contributed by atoms with E-state index < -0.39 is 13.9 Å². The third-order valence-corrected chi connectivity index (χ3v) is 4.13. The molecule has 0 unspecified atom stereocenters. The first kappa shape index (κ1) is 25.9. The van der Waals surface area contributed by atoms with E-state index >= 15 is 0 Å². The molecule has 1 aliphatic rings. The maximum absolute atomic E-state index is 9.55. The number of aliphatic imine (C=N–C) groups is 1. The van der Waals surface area contributed by atoms with Gasteiger partial charge in [-0.15, -0.1) is 0 Å². The molecule has 0 atom stereocenters. The Bertz CT molecular complexity index is 536. The van der Waals surface area contributed by atoms with E-state index in [0.717, 1.165) is 11.1 Å². The molecule has 1 rings (SSSR count). The van der Waals surface area contributed by atoms with Gasteiger partial charge in [0.15, 0.2) is 6.29 Å². The molecular formula is C16H23Cl6NO4. The quantitative estimate of drug-likeness (QED) is 0.337. The van der Waals surface area contributed by atoms with Crippen LogP contribution in [0, 0.1) is 0 Å². The van der Waals surface area contributed by atoms with Gasteiger partial charge in [0, 0.05) is 12.0 Å². The van der Waals surface area contributed by atoms with Crippen molar-refractivity contribution in [2.75, 3.05) is 26.4 Å². The molecule has 1 heterocycles. The summed E-state index contributed by atoms with van der Waals surface area (Å²) in [6.45, 7) is 5.64. The van der Waals surface area contributed by atoms with Crippen LogP contribution in [0.2, 0.25) is 0 Å². The second-order valence-electron chi connectivity index (χ2n) is 6.76. The number of ether oxygens (including phenoxy) is 3. The monoisotopic (exact) mass is 503 g/mol. The molecule has 0 radical (unpaired) electrons. The van der Waals surface area contributed by atoms with E-state index in [2.05, 4.69) is 4.99 Å². The summed E-state index contributed by atoms with van der Waals surface area (Å²) in [6.07, 6.45) is -0.0180. The molecule has 1 N–H and O–H groups in total. The van der Waals surface area contributed by atoms with Crippen LogP contribution in [0.4, 0.5) is 0 Å². The first-order chi connectivity index (χ1) is 12.2. The number of nitrogens with zero attached hydrogens (tertiary/aromatic N) is 1. The van der Waals surface area contributed by atoms with E-state index in [1.165, 1.54) is 0 Å². The summed E-state index contributed by atoms with van der Waals surface area (Å²) in [5, 5.41) is 9.55. The molecular weight excluding hydrogens is 483 g/mol. The normalized spacial score (nSPS) is 18.4. The molecule has 0 fully saturated rings. The van der Waals surface area contributed by atoms with Gasteiger partial charge in [0.25, 0.3) is 0 Å². The number of halogens is 6. The Morgan fingerprint density at radius 3 is 2.04 bits per heavy atom. The van der Waals surface area contributed by atoms with E-state index in [1.807, 2.05) is 13.8 Å². The molecule has 11 heteroatoms. The molecule has 158 valence electrons. The summed E-state index contributed by atoms with van der Waals surface area (Å²) < 4.78 is 13.5. The molecule has 0 spiro atoms. The zero-order valence-corrected chi connectivity index (χ0v) is 19.7. The maximum Gasteiger partial charge on any atom is 0.213 e. The summed E-state index contributed by atoms with van der Waals surface area (Å²) in [5.74, 6) is 0.494. The molecule has 5 nitrogen and oxygen atoms in total. The summed E-state index contributed by atoms with van der Waals surface area (Å²) in [7, 11) is 0. The van der Waals surface area contributed by atoms with Gasteiger partial charge in [0.05, 0.1) is 25.4 Å². The largest absolute Gasteiger partial charge is 0.475 e. The predicted octanol–water partition coefficient (Wildman–Crippen LogP) is 5.38. The minimum absolute atomic E-state index is 0.132. The van der Waals surface area contributed by atoms with Gasteiger partial charge in [-0.2, -0.15) is 0 Å². The standard InChI is InChI=1S/C16H23Cl6NO4/c1-10(6-24)11(13-23-14(2,3)7-27-13)4-5-12(25-8-15(17,18)19)26-9-16(20,21)22/h12,24H,4-9H2,1-3H3. The highest BCUT2D eigenvalue weighted by molar-refractivity contribution is 6.68. The third-order valence-electron chi connectivity index (χ3n) is 3.47. The maximum atomic E-state index is 9.55. The zero-order valence-electron chi connectivity index (χ0n) is 15.2. The van der Waals surface area contributed by atoms with E-state index in [4.69, 9.17) is 83.8 Å². The number of aliphatic hydroxyl groups excluding tert-OH is 1. The highest BCUT2D eigenvalue weighted by atomic mass is 35.6. The smallest absolute Gasteiger partial charge is 0.213 e. The van der Waals surface area contributed by atoms with Gasteiger partial charge in [0.2, 0.25) is 13.5 Å². The second kappa shape index (κ2) is 10.7. The predicted molar refractivity (Wildman–Crippen MR) is 113 cm³/mol. The van der Waals surface area contributed by atoms with E-state index in [9.17, 15) is 5.11 Å². The lowest BCUT2D eigenvalue weighted by molar-refractivity contribution is -0.143. The summed E-state index contributed by atoms with van der Waals surface area (Å²) in [6, 6.07) is 0. The van der Waals surface area contributed by atoms with E-state index in [0.29, 0.717) is 25.3 Å². The lowest BCUT2D eigenvalue weighted by atomic mass is 10.0. The minimum Gasteiger partial charge on any atom is -0.475 e. The molecule has 27 heavy (non-hydrogen) atoms. The SMILES string of the molecule is CC(CO)=C(CCC(OCC(Cl)(Cl)Cl)OCC(Cl)(Cl)Cl)C1=NC(C)(C)CO1. The molecule has 1 aliphatic heterocycles. The van der Waals surface area contributed by atoms with Gasteiger partial charge < -0.3 is 19.3 Å². The third kappa shape index (κ3) is 11.0. The van der Waals surface area contributed by atoms with E-state index in [-0.39, 0.29) is 25.4 Å². The van der Waals surface area contributed by atoms with Crippen LogP contribution < -0.4 is 0 Å². The van der Waals surface area contributed by atoms with Crippen LogP contribution in [0.25, 0.3) is 0 Å². The fraction of sp³-hybridized carbons (Fsp3) is 0.812. The van der Waals surface area contributed by atoms with E-state index in [1.54, 1.807) is 6.92 Å². The van der Waals surface area contributed by atoms with Gasteiger partial charge in [-0.25, -0.2) is 4.99 Å². The first-order valence-corrected chi connectivity index (χ1v) is 10.4. The van der Waals surface area contributed by atoms with Crippen LogP contribution in [0.15, 0.2) is 16.1 Å². The fourth-order valence-corrected chi connectivity index (χ4v) is 2.57. The number of hydrogen-bond acceptors (Lipinski definition) is 5. The topological polar surface area (TPSA) is 60.3 Å². The van der Waals surface area contributed by atoms with Crippen LogP contribution in [0.1, 0.15) is 33.6 Å². The van der Waals surface area contributed by atoms with Crippen molar-refractivity contribution >= 4 is 75.5 Å². The Labute approximate surface area is 189 Å². The minimum atomic E-state index is -1.61. The van der Waals surface area contributed by atoms with Crippen molar-refractivity contribution in [3.05, 3.63) is 11.1 Å². The molecule has 0 aliphatic carbocycles. The van der Waals surface area contributed by atoms with Crippen LogP contribution >= 0.6 is 69.6 Å². The van der Waals surface area contributed by atoms with Crippen molar-refractivity contribution in [3.8, 4) is 0 Å². The first-order valence-electron chi connectivity index (χ1n) is 8.11. The Hall–Kier alpha value is 0.830. The van der Waals surface area contributed by atoms with Crippen LogP contribution in [-0.4, -0.2) is 56.8 Å². The molecule has 0 aromatic carbocycles. The number of alkyl halides is 6. The molecule has 0 bridgehead atoms. The second-order valence-corrected chi connectivity index (χ2v) is 11.8. The summed E-state index contributed by atoms with van der Waals surface area (Å²) in [4.78, 5) is 4.56. The zero-order chi connectivity index (χ0) is 20.9. The van der Waals surface area contributed by atoms with Crippen LogP contribution in [-0.2, 0) is 14.2 Å². The molecule has 0 aromatic rings. The summed E-state index contributed by atoms with van der Waals surface area (Å²) in [5.41, 5.74) is 1.17. The Kier molecular flexibility index (Phi) is 10.3. The molecule has 0 amide bonds. The molecule has 0 aromatic heterocycles. The van der Waals surface area contributed by atoms with Crippen molar-refractivity contribution in [1.29, 1.82) is 0 Å². The molecule has 0 saturated heterocycles. The van der Waals surface area contributed by atoms with Crippen molar-refractivity contribution in [1.82, 2.24) is 0 Å². The number of aliphatic hydroxyl groups is 1. The lowest BCUT2D eigenvalue weighted by Crippen LogP contribution is -2.27. The lowest BCUT2D eigenvalue weighted by Gasteiger charge is -2.23. The van der Waals surface area contributed by atoms with Gasteiger partial charge in [-0.3, -0.25) is 0 Å². The number of hydrogen-bond donors (Lipinski definition) is 1. The summed E-state index contributed by atoms with van der Waals surface area (Å²) >= 11 is 34.4. The molecule has 0 saturated carbocycles. The van der Waals surface area contributed by atoms with Gasteiger partial charge in [0.1, 0.15) is 6.61 Å². The Balaban J connectivity index is 2.84. The van der Waals surface area contributed by atoms with Crippen LogP contribution in [0.5, 0.6) is 0 Å². The van der Waals surface area contributed by atoms with Crippen molar-refractivity contribution in [3.63, 3.8) is 0 Å². The van der Waals surface area contributed by atoms with Crippen molar-refractivity contribution < 1.29 is 19.3 Å². The van der Waals surface area contributed by atoms with Crippen molar-refractivity contribution in [2.45, 2.75) is 53.0 Å². The Morgan fingerprint density at radius 2 is 1.67 bits per heavy atom. The van der Waals surface area contributed by atoms with Gasteiger partial charge in [-0.1, -0.05) is 69.6 Å². The average molecular weight is 506 g/mol. The van der Waals surface area contributed by atoms with Gasteiger partial charge in [-0.05, 0) is 32.8 Å². The Morgan fingerprint density at radius 1 is 1.15 bits per heavy atom. The average Bonchev–Trinajstić information content (AvgIpc) is 2.87. The van der Waals surface area contributed by atoms with Crippen molar-refractivity contribution in [2.24, 2.45) is 4.99 Å².